The molecule has 0 aliphatic rings. The van der Waals surface area contributed by atoms with Gasteiger partial charge in [-0.25, -0.2) is 4.98 Å². The third-order valence-electron chi connectivity index (χ3n) is 5.35. The molecular weight excluding hydrogens is 392 g/mol. The summed E-state index contributed by atoms with van der Waals surface area (Å²) in [5.74, 6) is 0.674. The number of methoxy groups -OCH3 is 1. The molecular formula is C23H26N6O2. The first-order valence-electron chi connectivity index (χ1n) is 10.2. The van der Waals surface area contributed by atoms with Gasteiger partial charge in [-0.3, -0.25) is 14.2 Å². The van der Waals surface area contributed by atoms with Crippen LogP contribution in [0.3, 0.4) is 0 Å². The third kappa shape index (κ3) is 3.88. The second kappa shape index (κ2) is 8.22. The van der Waals surface area contributed by atoms with Gasteiger partial charge in [0, 0.05) is 32.4 Å². The quantitative estimate of drug-likeness (QED) is 0.479. The number of hydrogen-bond acceptors (Lipinski definition) is 5. The van der Waals surface area contributed by atoms with Crippen LogP contribution < -0.4 is 4.74 Å². The minimum absolute atomic E-state index is 0.0932. The first-order valence-corrected chi connectivity index (χ1v) is 10.2. The number of fused-ring (bicyclic) bond motifs is 1. The van der Waals surface area contributed by atoms with E-state index >= 15 is 0 Å². The minimum atomic E-state index is -0.0932. The van der Waals surface area contributed by atoms with E-state index in [1.807, 2.05) is 68.2 Å². The number of ether oxygens (including phenoxy) is 1. The highest BCUT2D eigenvalue weighted by atomic mass is 16.5. The van der Waals surface area contributed by atoms with Gasteiger partial charge in [0.1, 0.15) is 5.75 Å². The topological polar surface area (TPSA) is 78.1 Å². The van der Waals surface area contributed by atoms with Gasteiger partial charge in [-0.05, 0) is 50.2 Å². The number of aromatic nitrogens is 5. The van der Waals surface area contributed by atoms with E-state index in [0.717, 1.165) is 34.6 Å². The van der Waals surface area contributed by atoms with E-state index < -0.39 is 0 Å². The summed E-state index contributed by atoms with van der Waals surface area (Å²) < 4.78 is 8.83. The zero-order chi connectivity index (χ0) is 22.1. The Bertz CT molecular complexity index is 1240. The normalized spacial score (nSPS) is 11.1. The Morgan fingerprint density at radius 2 is 1.90 bits per heavy atom. The van der Waals surface area contributed by atoms with Crippen LogP contribution in [0.25, 0.3) is 22.3 Å². The van der Waals surface area contributed by atoms with E-state index in [9.17, 15) is 4.79 Å². The molecule has 8 heteroatoms. The predicted octanol–water partition coefficient (Wildman–Crippen LogP) is 3.44. The van der Waals surface area contributed by atoms with Gasteiger partial charge in [-0.2, -0.15) is 10.2 Å². The number of benzene rings is 1. The molecule has 3 aromatic heterocycles. The number of carbonyl (C=O) groups excluding carboxylic acids is 1. The monoisotopic (exact) mass is 418 g/mol. The minimum Gasteiger partial charge on any atom is -0.497 e. The highest BCUT2D eigenvalue weighted by molar-refractivity contribution is 6.07. The first-order chi connectivity index (χ1) is 14.9. The lowest BCUT2D eigenvalue weighted by Crippen LogP contribution is -2.27. The Balaban J connectivity index is 1.76. The number of nitrogens with zero attached hydrogens (tertiary/aromatic N) is 6. The summed E-state index contributed by atoms with van der Waals surface area (Å²) >= 11 is 0. The molecule has 0 fully saturated rings. The standard InChI is InChI=1S/C23H26N6O2/c1-6-29-12-11-17(26-29)14-27(3)23(30)19-13-20(16-7-9-18(31-5)10-8-16)24-22-21(19)15(2)25-28(22)4/h7-13H,6,14H2,1-5H3. The number of hydrogen-bond donors (Lipinski definition) is 0. The SMILES string of the molecule is CCn1ccc(CN(C)C(=O)c2cc(-c3ccc(OC)cc3)nc3c2c(C)nn3C)n1. The molecule has 1 aromatic carbocycles. The number of rotatable bonds is 6. The maximum absolute atomic E-state index is 13.5. The molecule has 1 amide bonds. The van der Waals surface area contributed by atoms with Crippen molar-refractivity contribution in [1.29, 1.82) is 0 Å². The van der Waals surface area contributed by atoms with Crippen molar-refractivity contribution in [3.63, 3.8) is 0 Å². The van der Waals surface area contributed by atoms with Gasteiger partial charge in [-0.15, -0.1) is 0 Å². The molecule has 0 saturated carbocycles. The van der Waals surface area contributed by atoms with Crippen LogP contribution in [-0.4, -0.2) is 49.5 Å². The molecule has 0 spiro atoms. The van der Waals surface area contributed by atoms with Crippen molar-refractivity contribution >= 4 is 16.9 Å². The predicted molar refractivity (Wildman–Crippen MR) is 119 cm³/mol. The summed E-state index contributed by atoms with van der Waals surface area (Å²) in [7, 11) is 5.27. The Kier molecular flexibility index (Phi) is 5.46. The Hall–Kier alpha value is -3.68. The number of amides is 1. The van der Waals surface area contributed by atoms with Crippen LogP contribution in [0, 0.1) is 6.92 Å². The average molecular weight is 419 g/mol. The lowest BCUT2D eigenvalue weighted by Gasteiger charge is -2.17. The van der Waals surface area contributed by atoms with Crippen molar-refractivity contribution in [1.82, 2.24) is 29.4 Å². The van der Waals surface area contributed by atoms with Crippen LogP contribution >= 0.6 is 0 Å². The lowest BCUT2D eigenvalue weighted by atomic mass is 10.0. The summed E-state index contributed by atoms with van der Waals surface area (Å²) in [6.07, 6.45) is 1.92. The van der Waals surface area contributed by atoms with Crippen LogP contribution in [-0.2, 0) is 20.1 Å². The number of carbonyl (C=O) groups is 1. The first kappa shape index (κ1) is 20.6. The molecule has 0 atom stereocenters. The number of pyridine rings is 1. The highest BCUT2D eigenvalue weighted by Gasteiger charge is 2.22. The summed E-state index contributed by atoms with van der Waals surface area (Å²) in [6.45, 7) is 5.15. The molecule has 0 aliphatic carbocycles. The summed E-state index contributed by atoms with van der Waals surface area (Å²) in [5.41, 5.74) is 4.50. The van der Waals surface area contributed by atoms with Gasteiger partial charge in [0.05, 0.1) is 41.7 Å². The molecule has 0 bridgehead atoms. The van der Waals surface area contributed by atoms with Gasteiger partial charge in [0.15, 0.2) is 5.65 Å². The second-order valence-corrected chi connectivity index (χ2v) is 7.52. The molecule has 4 rings (SSSR count). The van der Waals surface area contributed by atoms with Crippen LogP contribution in [0.15, 0.2) is 42.6 Å². The molecule has 0 unspecified atom stereocenters. The fourth-order valence-corrected chi connectivity index (χ4v) is 3.71. The maximum atomic E-state index is 13.5. The van der Waals surface area contributed by atoms with Crippen LogP contribution in [0.1, 0.15) is 28.7 Å². The molecule has 0 saturated heterocycles. The molecule has 31 heavy (non-hydrogen) atoms. The van der Waals surface area contributed by atoms with Crippen LogP contribution in [0.5, 0.6) is 5.75 Å². The smallest absolute Gasteiger partial charge is 0.254 e. The van der Waals surface area contributed by atoms with Gasteiger partial charge in [-0.1, -0.05) is 0 Å². The molecule has 0 aliphatic heterocycles. The Morgan fingerprint density at radius 3 is 2.55 bits per heavy atom. The lowest BCUT2D eigenvalue weighted by molar-refractivity contribution is 0.0785. The van der Waals surface area contributed by atoms with Gasteiger partial charge >= 0.3 is 0 Å². The van der Waals surface area contributed by atoms with Crippen molar-refractivity contribution in [2.24, 2.45) is 7.05 Å². The summed E-state index contributed by atoms with van der Waals surface area (Å²) in [6, 6.07) is 11.4. The fraction of sp³-hybridized carbons (Fsp3) is 0.304. The van der Waals surface area contributed by atoms with Crippen LogP contribution in [0.4, 0.5) is 0 Å². The molecule has 160 valence electrons. The van der Waals surface area contributed by atoms with E-state index in [4.69, 9.17) is 9.72 Å². The Morgan fingerprint density at radius 1 is 1.16 bits per heavy atom. The summed E-state index contributed by atoms with van der Waals surface area (Å²) in [5, 5.41) is 9.77. The number of aryl methyl sites for hydroxylation is 3. The van der Waals surface area contributed by atoms with E-state index in [1.165, 1.54) is 0 Å². The molecule has 0 radical (unpaired) electrons. The Labute approximate surface area is 181 Å². The molecule has 4 aromatic rings. The van der Waals surface area contributed by atoms with E-state index in [2.05, 4.69) is 10.2 Å². The third-order valence-corrected chi connectivity index (χ3v) is 5.35. The zero-order valence-corrected chi connectivity index (χ0v) is 18.5. The van der Waals surface area contributed by atoms with Crippen molar-refractivity contribution in [3.8, 4) is 17.0 Å². The van der Waals surface area contributed by atoms with Gasteiger partial charge < -0.3 is 9.64 Å². The van der Waals surface area contributed by atoms with Crippen molar-refractivity contribution in [2.45, 2.75) is 26.9 Å². The van der Waals surface area contributed by atoms with Crippen molar-refractivity contribution in [2.75, 3.05) is 14.2 Å². The zero-order valence-electron chi connectivity index (χ0n) is 18.5. The van der Waals surface area contributed by atoms with Gasteiger partial charge in [0.25, 0.3) is 5.91 Å². The van der Waals surface area contributed by atoms with E-state index in [0.29, 0.717) is 23.4 Å². The fourth-order valence-electron chi connectivity index (χ4n) is 3.71. The molecule has 0 N–H and O–H groups in total. The van der Waals surface area contributed by atoms with Crippen molar-refractivity contribution < 1.29 is 9.53 Å². The van der Waals surface area contributed by atoms with Crippen molar-refractivity contribution in [3.05, 3.63) is 59.5 Å². The second-order valence-electron chi connectivity index (χ2n) is 7.52. The largest absolute Gasteiger partial charge is 0.497 e. The summed E-state index contributed by atoms with van der Waals surface area (Å²) in [4.78, 5) is 20.0. The van der Waals surface area contributed by atoms with E-state index in [1.54, 1.807) is 23.7 Å². The highest BCUT2D eigenvalue weighted by Crippen LogP contribution is 2.28. The van der Waals surface area contributed by atoms with Gasteiger partial charge in [0.2, 0.25) is 0 Å². The maximum Gasteiger partial charge on any atom is 0.254 e. The molecule has 8 nitrogen and oxygen atoms in total. The molecule has 3 heterocycles. The average Bonchev–Trinajstić information content (AvgIpc) is 3.36. The van der Waals surface area contributed by atoms with E-state index in [-0.39, 0.29) is 5.91 Å². The van der Waals surface area contributed by atoms with Crippen LogP contribution in [0.2, 0.25) is 0 Å².